The summed E-state index contributed by atoms with van der Waals surface area (Å²) >= 11 is 0. The van der Waals surface area contributed by atoms with Gasteiger partial charge in [0.15, 0.2) is 0 Å². The van der Waals surface area contributed by atoms with Gasteiger partial charge in [0, 0.05) is 22.2 Å². The Labute approximate surface area is 410 Å². The van der Waals surface area contributed by atoms with E-state index in [4.69, 9.17) is 9.97 Å². The molecular formula is C66H54N4. The molecular weight excluding hydrogens is 849 g/mol. The molecule has 0 atom stereocenters. The van der Waals surface area contributed by atoms with Crippen LogP contribution in [-0.2, 0) is 11.1 Å². The topological polar surface area (TPSA) is 35.6 Å². The van der Waals surface area contributed by atoms with Gasteiger partial charge in [-0.2, -0.15) is 0 Å². The molecule has 4 nitrogen and oxygen atoms in total. The summed E-state index contributed by atoms with van der Waals surface area (Å²) in [6.45, 7) is 13.5. The van der Waals surface area contributed by atoms with Gasteiger partial charge in [-0.3, -0.25) is 0 Å². The second kappa shape index (κ2) is 16.7. The van der Waals surface area contributed by atoms with Crippen molar-refractivity contribution >= 4 is 43.6 Å². The van der Waals surface area contributed by atoms with Crippen LogP contribution in [0.15, 0.2) is 218 Å². The van der Waals surface area contributed by atoms with Gasteiger partial charge in [-0.15, -0.1) is 0 Å². The largest absolute Gasteiger partial charge is 0.319 e. The molecule has 0 radical (unpaired) electrons. The Morgan fingerprint density at radius 3 is 0.943 bits per heavy atom. The minimum atomic E-state index is -0.158. The first-order valence-electron chi connectivity index (χ1n) is 24.4. The molecule has 0 amide bonds. The Morgan fingerprint density at radius 2 is 0.571 bits per heavy atom. The average Bonchev–Trinajstić information content (AvgIpc) is 3.99. The maximum absolute atomic E-state index is 5.30. The molecule has 10 aromatic carbocycles. The van der Waals surface area contributed by atoms with Crippen molar-refractivity contribution in [3.63, 3.8) is 0 Å². The van der Waals surface area contributed by atoms with Crippen molar-refractivity contribution in [3.8, 4) is 78.4 Å². The summed E-state index contributed by atoms with van der Waals surface area (Å²) in [7, 11) is 0. The van der Waals surface area contributed by atoms with E-state index >= 15 is 0 Å². The summed E-state index contributed by atoms with van der Waals surface area (Å²) in [5, 5.41) is 4.89. The molecule has 0 aliphatic heterocycles. The second-order valence-corrected chi connectivity index (χ2v) is 20.6. The fourth-order valence-corrected chi connectivity index (χ4v) is 10.7. The predicted molar refractivity (Wildman–Crippen MR) is 296 cm³/mol. The summed E-state index contributed by atoms with van der Waals surface area (Å²) in [6.07, 6.45) is 0. The smallest absolute Gasteiger partial charge is 0.141 e. The van der Waals surface area contributed by atoms with Crippen LogP contribution in [0.1, 0.15) is 41.5 Å². The van der Waals surface area contributed by atoms with Crippen LogP contribution in [0, 0.1) is 0 Å². The Hall–Kier alpha value is -8.34. The highest BCUT2D eigenvalue weighted by atomic mass is 15.1. The number of hydrogen-bond donors (Lipinski definition) is 0. The third kappa shape index (κ3) is 7.48. The number of benzene rings is 10. The Balaban J connectivity index is 0.988. The lowest BCUT2D eigenvalue weighted by molar-refractivity contribution is 0.412. The van der Waals surface area contributed by atoms with Gasteiger partial charge in [-0.25, -0.2) is 9.97 Å². The summed E-state index contributed by atoms with van der Waals surface area (Å²) in [5.74, 6) is 1.98. The normalized spacial score (nSPS) is 12.1. The van der Waals surface area contributed by atoms with E-state index in [0.29, 0.717) is 0 Å². The van der Waals surface area contributed by atoms with E-state index in [-0.39, 0.29) is 11.1 Å². The monoisotopic (exact) mass is 902 g/mol. The van der Waals surface area contributed by atoms with E-state index in [1.807, 2.05) is 0 Å². The highest BCUT2D eigenvalue weighted by Crippen LogP contribution is 2.46. The molecule has 0 saturated heterocycles. The van der Waals surface area contributed by atoms with Crippen molar-refractivity contribution in [2.24, 2.45) is 0 Å². The highest BCUT2D eigenvalue weighted by molar-refractivity contribution is 6.22. The lowest BCUT2D eigenvalue weighted by Crippen LogP contribution is -2.22. The Kier molecular flexibility index (Phi) is 10.3. The van der Waals surface area contributed by atoms with Crippen molar-refractivity contribution in [2.45, 2.75) is 52.6 Å². The van der Waals surface area contributed by atoms with Crippen molar-refractivity contribution < 1.29 is 0 Å². The minimum Gasteiger partial charge on any atom is -0.319 e. The average molecular weight is 903 g/mol. The van der Waals surface area contributed by atoms with E-state index in [0.717, 1.165) is 67.1 Å². The first-order valence-corrected chi connectivity index (χ1v) is 24.4. The number of aromatic nitrogens is 4. The van der Waals surface area contributed by atoms with E-state index in [1.54, 1.807) is 0 Å². The summed E-state index contributed by atoms with van der Waals surface area (Å²) in [6, 6.07) is 79.5. The molecule has 0 spiro atoms. The van der Waals surface area contributed by atoms with Gasteiger partial charge in [-0.1, -0.05) is 182 Å². The fourth-order valence-electron chi connectivity index (χ4n) is 10.7. The lowest BCUT2D eigenvalue weighted by Gasteiger charge is -2.25. The van der Waals surface area contributed by atoms with Gasteiger partial charge in [0.05, 0.1) is 22.1 Å². The van der Waals surface area contributed by atoms with Crippen LogP contribution in [0.4, 0.5) is 0 Å². The van der Waals surface area contributed by atoms with Crippen LogP contribution in [0.2, 0.25) is 0 Å². The molecule has 0 bridgehead atoms. The molecule has 0 aliphatic carbocycles. The zero-order valence-electron chi connectivity index (χ0n) is 40.6. The minimum absolute atomic E-state index is 0.137. The maximum atomic E-state index is 5.30. The molecule has 338 valence electrons. The van der Waals surface area contributed by atoms with Gasteiger partial charge < -0.3 is 9.13 Å². The third-order valence-corrected chi connectivity index (χ3v) is 13.8. The first-order chi connectivity index (χ1) is 34.0. The summed E-state index contributed by atoms with van der Waals surface area (Å²) < 4.78 is 4.74. The van der Waals surface area contributed by atoms with Gasteiger partial charge in [0.2, 0.25) is 0 Å². The first kappa shape index (κ1) is 43.0. The maximum Gasteiger partial charge on any atom is 0.141 e. The van der Waals surface area contributed by atoms with E-state index in [9.17, 15) is 0 Å². The molecule has 0 aliphatic rings. The quantitative estimate of drug-likeness (QED) is 0.149. The zero-order chi connectivity index (χ0) is 47.7. The molecule has 2 aromatic heterocycles. The van der Waals surface area contributed by atoms with Crippen LogP contribution >= 0.6 is 0 Å². The van der Waals surface area contributed by atoms with Crippen molar-refractivity contribution in [1.82, 2.24) is 19.1 Å². The molecule has 12 rings (SSSR count). The molecule has 12 aromatic rings. The van der Waals surface area contributed by atoms with Gasteiger partial charge in [0.25, 0.3) is 0 Å². The van der Waals surface area contributed by atoms with Crippen LogP contribution in [0.5, 0.6) is 0 Å². The van der Waals surface area contributed by atoms with Crippen LogP contribution < -0.4 is 0 Å². The van der Waals surface area contributed by atoms with E-state index in [2.05, 4.69) is 269 Å². The molecule has 70 heavy (non-hydrogen) atoms. The number of nitrogens with zero attached hydrogens (tertiary/aromatic N) is 4. The molecule has 0 unspecified atom stereocenters. The number of rotatable bonds is 7. The van der Waals surface area contributed by atoms with Crippen LogP contribution in [-0.4, -0.2) is 19.1 Å². The van der Waals surface area contributed by atoms with Crippen LogP contribution in [0.3, 0.4) is 0 Å². The van der Waals surface area contributed by atoms with Gasteiger partial charge in [-0.05, 0) is 155 Å². The standard InChI is InChI=1S/C66H54N4/c1-65(2,3)69-59-37-33-51(41-57(59)67-63(69)47-23-15-9-16-24-47)44-29-27-43(28-30-44)49-31-35-53-55(39-49)61(45-19-11-7-12-20-45)54-36-32-50(40-56(54)62(53)46-21-13-8-14-22-46)52-34-38-60-58(42-52)68-64(70(60)66(4,5)6)48-25-17-10-18-26-48/h7-42H,1-6H3. The zero-order valence-corrected chi connectivity index (χ0v) is 40.6. The predicted octanol–water partition coefficient (Wildman–Crippen LogP) is 17.9. The summed E-state index contributed by atoms with van der Waals surface area (Å²) in [5.41, 5.74) is 18.0. The van der Waals surface area contributed by atoms with E-state index < -0.39 is 0 Å². The highest BCUT2D eigenvalue weighted by Gasteiger charge is 2.25. The van der Waals surface area contributed by atoms with Crippen molar-refractivity contribution in [1.29, 1.82) is 0 Å². The van der Waals surface area contributed by atoms with Gasteiger partial charge in [0.1, 0.15) is 11.6 Å². The van der Waals surface area contributed by atoms with Crippen LogP contribution in [0.25, 0.3) is 122 Å². The molecule has 0 N–H and O–H groups in total. The molecule has 4 heteroatoms. The van der Waals surface area contributed by atoms with Crippen molar-refractivity contribution in [2.75, 3.05) is 0 Å². The van der Waals surface area contributed by atoms with Crippen molar-refractivity contribution in [3.05, 3.63) is 218 Å². The number of hydrogen-bond acceptors (Lipinski definition) is 2. The number of imidazole rings is 2. The molecule has 0 saturated carbocycles. The molecule has 0 fully saturated rings. The fraction of sp³-hybridized carbons (Fsp3) is 0.121. The van der Waals surface area contributed by atoms with Gasteiger partial charge >= 0.3 is 0 Å². The SMILES string of the molecule is CC(C)(C)n1c(-c2ccccc2)nc2cc(-c3ccc(-c4ccc5c(-c6ccccc6)c6cc(-c7ccc8c(c7)nc(-c7ccccc7)n8C(C)(C)C)ccc6c(-c6ccccc6)c5c4)cc3)ccc21. The summed E-state index contributed by atoms with van der Waals surface area (Å²) in [4.78, 5) is 10.5. The Morgan fingerprint density at radius 1 is 0.271 bits per heavy atom. The number of fused-ring (bicyclic) bond motifs is 4. The second-order valence-electron chi connectivity index (χ2n) is 20.6. The van der Waals surface area contributed by atoms with E-state index in [1.165, 1.54) is 54.9 Å². The Bertz CT molecular complexity index is 3910. The molecule has 2 heterocycles. The lowest BCUT2D eigenvalue weighted by atomic mass is 9.84. The third-order valence-electron chi connectivity index (χ3n) is 13.8.